The number of hydrogen-bond acceptors (Lipinski definition) is 17. The summed E-state index contributed by atoms with van der Waals surface area (Å²) in [6, 6.07) is 4.55. The van der Waals surface area contributed by atoms with E-state index in [1.807, 2.05) is 12.1 Å². The molecular formula is C46H69N7O16S. The van der Waals surface area contributed by atoms with Crippen molar-refractivity contribution in [2.75, 3.05) is 62.9 Å². The molecule has 0 fully saturated rings. The number of unbranched alkanes of at least 4 members (excludes halogenated alkanes) is 2. The standard InChI is InChI=1S/C46H69N7O16S/c1-2-3-22-47-34-17-14-32(15-18-34)43(59)48-23-5-4-13-39(45(62)63)51-42(58)30-69-26-25-68-24-7-11-36(54)19-20-40(46(64)65)50-41(57)21-16-33(44(60)61)28-37(55)12-8-27-70(66,67)31-38(56)10-6-9-35-29-49-53-52-35/h14-15,17-18,33,39-40,47H,2-13,16,19-31H2,1H3,(H,48,59)(H,50,57)(H,51,58)(H,60,61)(H,62,63)(H,64,65)/t33-,39+,40+/m1/s1. The number of rotatable bonds is 42. The molecule has 1 aliphatic heterocycles. The number of ketones is 3. The number of nitrogens with zero attached hydrogens (tertiary/aromatic N) is 3. The third-order valence-electron chi connectivity index (χ3n) is 10.8. The van der Waals surface area contributed by atoms with Gasteiger partial charge in [-0.3, -0.25) is 33.6 Å². The average molecular weight is 1010 g/mol. The van der Waals surface area contributed by atoms with Gasteiger partial charge in [-0.05, 0) is 93.7 Å². The number of carboxylic acid groups (broad SMARTS) is 3. The summed E-state index contributed by atoms with van der Waals surface area (Å²) < 4.78 is 35.4. The molecule has 0 spiro atoms. The van der Waals surface area contributed by atoms with Gasteiger partial charge in [0, 0.05) is 69.5 Å². The van der Waals surface area contributed by atoms with E-state index >= 15 is 0 Å². The molecule has 2 rings (SSSR count). The summed E-state index contributed by atoms with van der Waals surface area (Å²) in [5.41, 5.74) is 2.15. The Kier molecular flexibility index (Phi) is 29.5. The van der Waals surface area contributed by atoms with Crippen molar-refractivity contribution in [3.8, 4) is 0 Å². The molecule has 1 heterocycles. The third kappa shape index (κ3) is 27.9. The molecule has 70 heavy (non-hydrogen) atoms. The summed E-state index contributed by atoms with van der Waals surface area (Å²) >= 11 is 0. The largest absolute Gasteiger partial charge is 0.481 e. The fourth-order valence-corrected chi connectivity index (χ4v) is 8.23. The Balaban J connectivity index is 1.55. The summed E-state index contributed by atoms with van der Waals surface area (Å²) in [6.45, 7) is 3.45. The molecule has 0 bridgehead atoms. The predicted octanol–water partition coefficient (Wildman–Crippen LogP) is 3.30. The van der Waals surface area contributed by atoms with Crippen molar-refractivity contribution in [2.45, 2.75) is 128 Å². The van der Waals surface area contributed by atoms with Crippen LogP contribution in [-0.2, 0) is 57.7 Å². The molecule has 24 heteroatoms. The zero-order valence-corrected chi connectivity index (χ0v) is 40.6. The number of aliphatic carboxylic acids is 3. The summed E-state index contributed by atoms with van der Waals surface area (Å²) in [7, 11) is -3.79. The Labute approximate surface area is 407 Å². The lowest BCUT2D eigenvalue weighted by Gasteiger charge is -2.16. The molecule has 23 nitrogen and oxygen atoms in total. The van der Waals surface area contributed by atoms with Crippen LogP contribution in [0.4, 0.5) is 5.69 Å². The van der Waals surface area contributed by atoms with Gasteiger partial charge in [-0.15, -0.1) is 5.10 Å². The minimum absolute atomic E-state index is 0.00509. The van der Waals surface area contributed by atoms with E-state index in [9.17, 15) is 66.9 Å². The fourth-order valence-electron chi connectivity index (χ4n) is 6.86. The number of carbonyl (C=O) groups is 9. The Morgan fingerprint density at radius 3 is 2.01 bits per heavy atom. The molecule has 0 saturated carbocycles. The van der Waals surface area contributed by atoms with Crippen LogP contribution in [0, 0.1) is 5.92 Å². The van der Waals surface area contributed by atoms with E-state index in [1.54, 1.807) is 12.1 Å². The first-order chi connectivity index (χ1) is 33.4. The van der Waals surface area contributed by atoms with Gasteiger partial charge in [-0.25, -0.2) is 18.0 Å². The van der Waals surface area contributed by atoms with Crippen molar-refractivity contribution < 1.29 is 76.4 Å². The SMILES string of the molecule is CCCCNc1ccc(C(=O)NCCCC[C@H](NC(=O)COCCOCCCC(=O)CC[C@H](NC(=O)CC[C@H](CC(=O)CCCS(=O)(=O)CC(=O)CCCC2=NN=NC2)C(=O)O)C(=O)O)C(=O)O)cc1. The van der Waals surface area contributed by atoms with Crippen LogP contribution >= 0.6 is 0 Å². The monoisotopic (exact) mass is 1010 g/mol. The fraction of sp³-hybridized carbons (Fsp3) is 0.652. The van der Waals surface area contributed by atoms with E-state index in [2.05, 4.69) is 43.6 Å². The highest BCUT2D eigenvalue weighted by Gasteiger charge is 2.26. The van der Waals surface area contributed by atoms with Crippen molar-refractivity contribution in [3.63, 3.8) is 0 Å². The van der Waals surface area contributed by atoms with Crippen LogP contribution in [0.2, 0.25) is 0 Å². The first kappa shape index (κ1) is 60.1. The van der Waals surface area contributed by atoms with Gasteiger partial charge in [0.2, 0.25) is 11.8 Å². The number of sulfone groups is 1. The maximum absolute atomic E-state index is 12.6. The Morgan fingerprint density at radius 2 is 1.34 bits per heavy atom. The molecule has 7 N–H and O–H groups in total. The smallest absolute Gasteiger partial charge is 0.326 e. The van der Waals surface area contributed by atoms with Crippen LogP contribution in [0.5, 0.6) is 0 Å². The number of anilines is 1. The second-order valence-electron chi connectivity index (χ2n) is 16.8. The number of amides is 3. The van der Waals surface area contributed by atoms with E-state index in [-0.39, 0.29) is 89.3 Å². The van der Waals surface area contributed by atoms with Gasteiger partial charge in [0.05, 0.1) is 30.6 Å². The van der Waals surface area contributed by atoms with E-state index < -0.39 is 100 Å². The molecule has 0 aliphatic carbocycles. The maximum Gasteiger partial charge on any atom is 0.326 e. The lowest BCUT2D eigenvalue weighted by atomic mass is 9.95. The van der Waals surface area contributed by atoms with Crippen molar-refractivity contribution >= 4 is 74.2 Å². The first-order valence-corrected chi connectivity index (χ1v) is 25.4. The van der Waals surface area contributed by atoms with Gasteiger partial charge in [0.15, 0.2) is 9.84 Å². The van der Waals surface area contributed by atoms with Crippen LogP contribution in [0.25, 0.3) is 0 Å². The number of ether oxygens (including phenoxy) is 2. The van der Waals surface area contributed by atoms with E-state index in [1.165, 1.54) is 0 Å². The second-order valence-corrected chi connectivity index (χ2v) is 19.0. The highest BCUT2D eigenvalue weighted by atomic mass is 32.2. The van der Waals surface area contributed by atoms with E-state index in [4.69, 9.17) is 9.47 Å². The topological polar surface area (TPSA) is 352 Å². The lowest BCUT2D eigenvalue weighted by Crippen LogP contribution is -2.42. The molecular weight excluding hydrogens is 939 g/mol. The molecule has 0 unspecified atom stereocenters. The van der Waals surface area contributed by atoms with Crippen LogP contribution in [0.15, 0.2) is 39.7 Å². The summed E-state index contributed by atoms with van der Waals surface area (Å²) in [5.74, 6) is -9.38. The van der Waals surface area contributed by atoms with Crippen LogP contribution in [0.3, 0.4) is 0 Å². The number of hydrogen-bond donors (Lipinski definition) is 7. The first-order valence-electron chi connectivity index (χ1n) is 23.6. The highest BCUT2D eigenvalue weighted by molar-refractivity contribution is 7.92. The zero-order chi connectivity index (χ0) is 51.7. The molecule has 0 aromatic heterocycles. The third-order valence-corrected chi connectivity index (χ3v) is 12.5. The highest BCUT2D eigenvalue weighted by Crippen LogP contribution is 2.16. The van der Waals surface area contributed by atoms with Crippen LogP contribution in [-0.4, -0.2) is 152 Å². The molecule has 1 aromatic rings. The van der Waals surface area contributed by atoms with Crippen molar-refractivity contribution in [2.24, 2.45) is 21.4 Å². The zero-order valence-electron chi connectivity index (χ0n) is 39.8. The van der Waals surface area contributed by atoms with Crippen molar-refractivity contribution in [1.29, 1.82) is 0 Å². The summed E-state index contributed by atoms with van der Waals surface area (Å²) in [6.07, 6.45) is 2.42. The molecule has 390 valence electrons. The molecule has 1 aromatic carbocycles. The van der Waals surface area contributed by atoms with Gasteiger partial charge in [0.1, 0.15) is 48.3 Å². The van der Waals surface area contributed by atoms with Gasteiger partial charge in [-0.1, -0.05) is 13.3 Å². The van der Waals surface area contributed by atoms with Gasteiger partial charge < -0.3 is 46.1 Å². The minimum Gasteiger partial charge on any atom is -0.481 e. The van der Waals surface area contributed by atoms with Gasteiger partial charge >= 0.3 is 17.9 Å². The summed E-state index contributed by atoms with van der Waals surface area (Å²) in [4.78, 5) is 110. The molecule has 0 radical (unpaired) electrons. The van der Waals surface area contributed by atoms with E-state index in [0.29, 0.717) is 50.0 Å². The Hall–Kier alpha value is -6.01. The lowest BCUT2D eigenvalue weighted by molar-refractivity contribution is -0.145. The van der Waals surface area contributed by atoms with Gasteiger partial charge in [0.25, 0.3) is 5.91 Å². The molecule has 0 saturated heterocycles. The Morgan fingerprint density at radius 1 is 0.671 bits per heavy atom. The Bertz CT molecular complexity index is 2060. The summed E-state index contributed by atoms with van der Waals surface area (Å²) in [5, 5.41) is 50.5. The average Bonchev–Trinajstić information content (AvgIpc) is 3.82. The number of benzene rings is 1. The predicted molar refractivity (Wildman–Crippen MR) is 254 cm³/mol. The second kappa shape index (κ2) is 34.3. The molecule has 3 atom stereocenters. The van der Waals surface area contributed by atoms with Crippen molar-refractivity contribution in [1.82, 2.24) is 16.0 Å². The number of Topliss-reactive ketones (excluding diaryl/α,β-unsaturated/α-hetero) is 3. The maximum atomic E-state index is 12.6. The minimum atomic E-state index is -3.79. The number of carbonyl (C=O) groups excluding carboxylic acids is 6. The number of carboxylic acids is 3. The van der Waals surface area contributed by atoms with Crippen LogP contribution in [0.1, 0.15) is 126 Å². The van der Waals surface area contributed by atoms with Gasteiger partial charge in [-0.2, -0.15) is 5.11 Å². The van der Waals surface area contributed by atoms with Crippen molar-refractivity contribution in [3.05, 3.63) is 29.8 Å². The van der Waals surface area contributed by atoms with E-state index in [0.717, 1.165) is 25.1 Å². The normalized spacial score (nSPS) is 13.4. The molecule has 3 amide bonds. The molecule has 1 aliphatic rings. The quantitative estimate of drug-likeness (QED) is 0.0462. The number of nitrogens with one attached hydrogen (secondary N) is 4. The van der Waals surface area contributed by atoms with Crippen LogP contribution < -0.4 is 21.3 Å².